The maximum Gasteiger partial charge on any atom is 0.311 e. The van der Waals surface area contributed by atoms with E-state index < -0.39 is 5.92 Å². The molecule has 1 amide bonds. The molecule has 25 heavy (non-hydrogen) atoms. The number of ether oxygens (including phenoxy) is 2. The molecule has 5 heteroatoms. The van der Waals surface area contributed by atoms with E-state index in [0.29, 0.717) is 18.0 Å². The van der Waals surface area contributed by atoms with E-state index in [2.05, 4.69) is 0 Å². The van der Waals surface area contributed by atoms with Crippen LogP contribution in [0.1, 0.15) is 17.5 Å². The van der Waals surface area contributed by atoms with Gasteiger partial charge in [0.05, 0.1) is 18.7 Å². The monoisotopic (exact) mass is 339 g/mol. The minimum atomic E-state index is -0.457. The molecule has 0 spiro atoms. The van der Waals surface area contributed by atoms with Crippen LogP contribution in [0.25, 0.3) is 0 Å². The Balaban J connectivity index is 1.68. The van der Waals surface area contributed by atoms with E-state index in [4.69, 9.17) is 9.47 Å². The van der Waals surface area contributed by atoms with Crippen LogP contribution in [0.2, 0.25) is 0 Å². The lowest BCUT2D eigenvalue weighted by Gasteiger charge is -2.20. The highest BCUT2D eigenvalue weighted by molar-refractivity contribution is 6.00. The van der Waals surface area contributed by atoms with Gasteiger partial charge in [0.1, 0.15) is 12.4 Å². The third-order valence-corrected chi connectivity index (χ3v) is 4.31. The van der Waals surface area contributed by atoms with Crippen LogP contribution in [0.5, 0.6) is 5.75 Å². The summed E-state index contributed by atoms with van der Waals surface area (Å²) in [5.74, 6) is -0.268. The molecule has 0 unspecified atom stereocenters. The van der Waals surface area contributed by atoms with Crippen molar-refractivity contribution in [1.29, 1.82) is 0 Å². The molecule has 1 saturated heterocycles. The summed E-state index contributed by atoms with van der Waals surface area (Å²) in [4.78, 5) is 26.3. The number of esters is 1. The standard InChI is InChI=1S/C20H21NO4/c1-14-8-9-18(24-2)17(10-14)21-12-16(11-19(21)22)20(23)25-13-15-6-4-3-5-7-15/h3-10,16H,11-13H2,1-2H3/t16-/m1/s1. The summed E-state index contributed by atoms with van der Waals surface area (Å²) in [6.07, 6.45) is 0.157. The van der Waals surface area contributed by atoms with Gasteiger partial charge in [-0.25, -0.2) is 0 Å². The van der Waals surface area contributed by atoms with E-state index in [1.54, 1.807) is 12.0 Å². The average Bonchev–Trinajstić information content (AvgIpc) is 3.02. The van der Waals surface area contributed by atoms with Crippen LogP contribution in [0, 0.1) is 12.8 Å². The Morgan fingerprint density at radius 2 is 1.96 bits per heavy atom. The van der Waals surface area contributed by atoms with Crippen molar-refractivity contribution < 1.29 is 19.1 Å². The number of rotatable bonds is 5. The number of benzene rings is 2. The molecule has 1 fully saturated rings. The fourth-order valence-electron chi connectivity index (χ4n) is 2.96. The summed E-state index contributed by atoms with van der Waals surface area (Å²) >= 11 is 0. The highest BCUT2D eigenvalue weighted by Gasteiger charge is 2.37. The van der Waals surface area contributed by atoms with Crippen molar-refractivity contribution in [3.63, 3.8) is 0 Å². The molecule has 0 aromatic heterocycles. The molecule has 0 N–H and O–H groups in total. The molecule has 1 aliphatic rings. The molecule has 0 aliphatic carbocycles. The predicted molar refractivity (Wildman–Crippen MR) is 94.4 cm³/mol. The number of hydrogen-bond acceptors (Lipinski definition) is 4. The average molecular weight is 339 g/mol. The second-order valence-corrected chi connectivity index (χ2v) is 6.17. The number of carbonyl (C=O) groups excluding carboxylic acids is 2. The fraction of sp³-hybridized carbons (Fsp3) is 0.300. The topological polar surface area (TPSA) is 55.8 Å². The van der Waals surface area contributed by atoms with Crippen LogP contribution >= 0.6 is 0 Å². The molecular weight excluding hydrogens is 318 g/mol. The van der Waals surface area contributed by atoms with Crippen molar-refractivity contribution in [1.82, 2.24) is 0 Å². The third-order valence-electron chi connectivity index (χ3n) is 4.31. The number of aryl methyl sites for hydroxylation is 1. The second-order valence-electron chi connectivity index (χ2n) is 6.17. The van der Waals surface area contributed by atoms with E-state index in [-0.39, 0.29) is 24.9 Å². The van der Waals surface area contributed by atoms with Gasteiger partial charge in [-0.05, 0) is 30.2 Å². The van der Waals surface area contributed by atoms with Crippen molar-refractivity contribution in [3.8, 4) is 5.75 Å². The SMILES string of the molecule is COc1ccc(C)cc1N1C[C@H](C(=O)OCc2ccccc2)CC1=O. The number of amides is 1. The Kier molecular flexibility index (Phi) is 5.03. The first kappa shape index (κ1) is 17.0. The first-order valence-electron chi connectivity index (χ1n) is 8.24. The lowest BCUT2D eigenvalue weighted by Crippen LogP contribution is -2.27. The Bertz CT molecular complexity index is 773. The van der Waals surface area contributed by atoms with Crippen LogP contribution in [0.3, 0.4) is 0 Å². The molecule has 0 saturated carbocycles. The van der Waals surface area contributed by atoms with Crippen LogP contribution in [-0.2, 0) is 20.9 Å². The van der Waals surface area contributed by atoms with Gasteiger partial charge in [-0.1, -0.05) is 36.4 Å². The van der Waals surface area contributed by atoms with Crippen molar-refractivity contribution in [3.05, 3.63) is 59.7 Å². The Labute approximate surface area is 147 Å². The van der Waals surface area contributed by atoms with E-state index in [9.17, 15) is 9.59 Å². The van der Waals surface area contributed by atoms with Gasteiger partial charge in [-0.15, -0.1) is 0 Å². The molecule has 1 atom stereocenters. The summed E-state index contributed by atoms with van der Waals surface area (Å²) in [5.41, 5.74) is 2.65. The third kappa shape index (κ3) is 3.82. The van der Waals surface area contributed by atoms with Gasteiger partial charge >= 0.3 is 5.97 Å². The maximum atomic E-state index is 12.4. The summed E-state index contributed by atoms with van der Waals surface area (Å²) < 4.78 is 10.7. The maximum absolute atomic E-state index is 12.4. The molecule has 1 heterocycles. The summed E-state index contributed by atoms with van der Waals surface area (Å²) in [5, 5.41) is 0. The van der Waals surface area contributed by atoms with Crippen molar-refractivity contribution in [2.75, 3.05) is 18.6 Å². The summed E-state index contributed by atoms with van der Waals surface area (Å²) in [6, 6.07) is 15.2. The van der Waals surface area contributed by atoms with Crippen LogP contribution in [0.15, 0.2) is 48.5 Å². The van der Waals surface area contributed by atoms with E-state index >= 15 is 0 Å². The minimum absolute atomic E-state index is 0.0921. The van der Waals surface area contributed by atoms with Gasteiger partial charge < -0.3 is 14.4 Å². The van der Waals surface area contributed by atoms with Gasteiger partial charge in [-0.3, -0.25) is 9.59 Å². The Hall–Kier alpha value is -2.82. The molecule has 1 aliphatic heterocycles. The first-order chi connectivity index (χ1) is 12.1. The quantitative estimate of drug-likeness (QED) is 0.786. The highest BCUT2D eigenvalue weighted by atomic mass is 16.5. The lowest BCUT2D eigenvalue weighted by atomic mass is 10.1. The summed E-state index contributed by atoms with van der Waals surface area (Å²) in [6.45, 7) is 2.49. The normalized spacial score (nSPS) is 16.8. The molecule has 5 nitrogen and oxygen atoms in total. The predicted octanol–water partition coefficient (Wildman–Crippen LogP) is 3.10. The zero-order chi connectivity index (χ0) is 17.8. The molecule has 2 aromatic carbocycles. The zero-order valence-corrected chi connectivity index (χ0v) is 14.4. The van der Waals surface area contributed by atoms with Crippen molar-refractivity contribution in [2.45, 2.75) is 20.0 Å². The Morgan fingerprint density at radius 1 is 1.20 bits per heavy atom. The molecule has 2 aromatic rings. The van der Waals surface area contributed by atoms with Crippen LogP contribution < -0.4 is 9.64 Å². The van der Waals surface area contributed by atoms with Gasteiger partial charge in [0.2, 0.25) is 5.91 Å². The van der Waals surface area contributed by atoms with Gasteiger partial charge in [0, 0.05) is 13.0 Å². The number of methoxy groups -OCH3 is 1. The molecule has 130 valence electrons. The molecule has 0 radical (unpaired) electrons. The summed E-state index contributed by atoms with van der Waals surface area (Å²) in [7, 11) is 1.57. The van der Waals surface area contributed by atoms with Crippen molar-refractivity contribution in [2.24, 2.45) is 5.92 Å². The molecule has 3 rings (SSSR count). The number of nitrogens with zero attached hydrogens (tertiary/aromatic N) is 1. The van der Waals surface area contributed by atoms with Crippen molar-refractivity contribution >= 4 is 17.6 Å². The fourth-order valence-corrected chi connectivity index (χ4v) is 2.96. The molecule has 0 bridgehead atoms. The minimum Gasteiger partial charge on any atom is -0.495 e. The van der Waals surface area contributed by atoms with Crippen LogP contribution in [-0.4, -0.2) is 25.5 Å². The largest absolute Gasteiger partial charge is 0.495 e. The van der Waals surface area contributed by atoms with E-state index in [0.717, 1.165) is 11.1 Å². The van der Waals surface area contributed by atoms with Crippen LogP contribution in [0.4, 0.5) is 5.69 Å². The Morgan fingerprint density at radius 3 is 2.68 bits per heavy atom. The second kappa shape index (κ2) is 7.38. The first-order valence-corrected chi connectivity index (χ1v) is 8.24. The number of anilines is 1. The van der Waals surface area contributed by atoms with Gasteiger partial charge in [0.25, 0.3) is 0 Å². The van der Waals surface area contributed by atoms with E-state index in [1.807, 2.05) is 55.5 Å². The smallest absolute Gasteiger partial charge is 0.311 e. The number of hydrogen-bond donors (Lipinski definition) is 0. The highest BCUT2D eigenvalue weighted by Crippen LogP contribution is 2.34. The van der Waals surface area contributed by atoms with Gasteiger partial charge in [-0.2, -0.15) is 0 Å². The number of carbonyl (C=O) groups is 2. The van der Waals surface area contributed by atoms with E-state index in [1.165, 1.54) is 0 Å². The lowest BCUT2D eigenvalue weighted by molar-refractivity contribution is -0.149. The molecular formula is C20H21NO4. The zero-order valence-electron chi connectivity index (χ0n) is 14.4. The van der Waals surface area contributed by atoms with Gasteiger partial charge in [0.15, 0.2) is 0 Å².